The fourth-order valence-corrected chi connectivity index (χ4v) is 9.50. The number of carbonyl (C=O) groups excluding carboxylic acids is 1. The number of hydrogen-bond donors (Lipinski definition) is 3. The Morgan fingerprint density at radius 1 is 0.500 bits per heavy atom. The van der Waals surface area contributed by atoms with Crippen molar-refractivity contribution in [3.8, 4) is 11.5 Å². The van der Waals surface area contributed by atoms with Crippen LogP contribution in [0.1, 0.15) is 64.0 Å². The molecule has 0 aliphatic rings. The summed E-state index contributed by atoms with van der Waals surface area (Å²) in [5.41, 5.74) is 11.7. The van der Waals surface area contributed by atoms with E-state index in [4.69, 9.17) is 21.1 Å². The number of halogens is 1. The Morgan fingerprint density at radius 2 is 0.943 bits per heavy atom. The third kappa shape index (κ3) is 11.5. The average Bonchev–Trinajstić information content (AvgIpc) is 4.10. The zero-order valence-corrected chi connectivity index (χ0v) is 41.6. The second-order valence-electron chi connectivity index (χ2n) is 18.0. The third-order valence-electron chi connectivity index (χ3n) is 12.3. The number of aromatic amines is 3. The number of ether oxygens (including phenoxy) is 2. The van der Waals surface area contributed by atoms with E-state index in [9.17, 15) is 4.79 Å². The average molecular weight is 950 g/mol. The summed E-state index contributed by atoms with van der Waals surface area (Å²) in [5.74, 6) is 1.16. The Bertz CT molecular complexity index is 3240. The fourth-order valence-electron chi connectivity index (χ4n) is 9.32. The maximum absolute atomic E-state index is 11.4. The topological polar surface area (TPSA) is 92.6 Å². The van der Waals surface area contributed by atoms with Crippen molar-refractivity contribution in [3.63, 3.8) is 0 Å². The van der Waals surface area contributed by atoms with Crippen LogP contribution in [0, 0.1) is 0 Å². The first-order valence-electron chi connectivity index (χ1n) is 23.4. The predicted molar refractivity (Wildman–Crippen MR) is 288 cm³/mol. The van der Waals surface area contributed by atoms with Gasteiger partial charge in [0.1, 0.15) is 18.1 Å². The van der Waals surface area contributed by atoms with Crippen LogP contribution in [-0.4, -0.2) is 77.9 Å². The number of fused-ring (bicyclic) bond motifs is 3. The third-order valence-corrected chi connectivity index (χ3v) is 12.6. The van der Waals surface area contributed by atoms with Gasteiger partial charge in [0.05, 0.1) is 18.1 Å². The Labute approximate surface area is 416 Å². The van der Waals surface area contributed by atoms with Gasteiger partial charge in [-0.2, -0.15) is 0 Å². The van der Waals surface area contributed by atoms with E-state index < -0.39 is 0 Å². The standard InChI is InChI=1S/C24H24N2O.C19H20N2O2.C17H17ClN2/c1-26(2)24(19-11-7-4-8-12-19)22-16-25-23-14-13-20(15-21(22)23)27-17-18-9-5-3-6-10-18;1-13(22)23-17-11-7-10-16-18(17)15(12-20-16)19(21(2)3)14-8-5-4-6-9-14;1-20(2)17(12-6-4-3-5-7-12)15-11-19-16-9-8-13(18)10-14(15)16/h3-16,24-25H,17H2,1-2H3;4-12,19-20H,1-3H3;3-11,17,19H,1-2H3. The highest BCUT2D eigenvalue weighted by atomic mass is 35.5. The molecule has 10 heteroatoms. The lowest BCUT2D eigenvalue weighted by atomic mass is 9.97. The van der Waals surface area contributed by atoms with Gasteiger partial charge in [0.25, 0.3) is 0 Å². The van der Waals surface area contributed by atoms with E-state index in [0.29, 0.717) is 12.4 Å². The van der Waals surface area contributed by atoms with E-state index in [1.165, 1.54) is 51.1 Å². The zero-order valence-electron chi connectivity index (χ0n) is 40.9. The summed E-state index contributed by atoms with van der Waals surface area (Å²) in [6.07, 6.45) is 6.19. The highest BCUT2D eigenvalue weighted by Gasteiger charge is 2.24. The molecule has 9 nitrogen and oxygen atoms in total. The molecule has 0 saturated heterocycles. The summed E-state index contributed by atoms with van der Waals surface area (Å²) < 4.78 is 11.5. The molecule has 0 bridgehead atoms. The molecule has 0 spiro atoms. The predicted octanol–water partition coefficient (Wildman–Crippen LogP) is 13.6. The molecule has 3 atom stereocenters. The van der Waals surface area contributed by atoms with Crippen LogP contribution in [0.3, 0.4) is 0 Å². The van der Waals surface area contributed by atoms with Crippen molar-refractivity contribution in [1.29, 1.82) is 0 Å². The lowest BCUT2D eigenvalue weighted by molar-refractivity contribution is -0.131. The molecule has 70 heavy (non-hydrogen) atoms. The van der Waals surface area contributed by atoms with Crippen molar-refractivity contribution >= 4 is 50.3 Å². The number of nitrogens with one attached hydrogen (secondary N) is 3. The zero-order chi connectivity index (χ0) is 49.1. The number of esters is 1. The van der Waals surface area contributed by atoms with Crippen molar-refractivity contribution < 1.29 is 14.3 Å². The van der Waals surface area contributed by atoms with Crippen LogP contribution in [0.2, 0.25) is 5.02 Å². The van der Waals surface area contributed by atoms with Crippen molar-refractivity contribution in [2.45, 2.75) is 31.7 Å². The normalized spacial score (nSPS) is 12.6. The van der Waals surface area contributed by atoms with Gasteiger partial charge >= 0.3 is 5.97 Å². The van der Waals surface area contributed by atoms with Crippen molar-refractivity contribution in [2.24, 2.45) is 0 Å². The van der Waals surface area contributed by atoms with Gasteiger partial charge < -0.3 is 24.4 Å². The fraction of sp³-hybridized carbons (Fsp3) is 0.183. The monoisotopic (exact) mass is 948 g/mol. The second kappa shape index (κ2) is 22.8. The summed E-state index contributed by atoms with van der Waals surface area (Å²) in [6, 6.07) is 60.1. The maximum Gasteiger partial charge on any atom is 0.308 e. The Hall–Kier alpha value is -7.40. The van der Waals surface area contributed by atoms with Crippen LogP contribution < -0.4 is 9.47 Å². The maximum atomic E-state index is 11.4. The highest BCUT2D eigenvalue weighted by molar-refractivity contribution is 6.31. The molecular weight excluding hydrogens is 888 g/mol. The minimum Gasteiger partial charge on any atom is -0.489 e. The molecule has 0 fully saturated rings. The summed E-state index contributed by atoms with van der Waals surface area (Å²) in [4.78, 5) is 28.1. The molecular formula is C60H61ClN6O3. The van der Waals surface area contributed by atoms with Crippen molar-refractivity contribution in [1.82, 2.24) is 29.7 Å². The number of nitrogens with zero attached hydrogens (tertiary/aromatic N) is 3. The SMILES string of the molecule is CC(=O)Oc1cccc2[nH]cc(C(c3ccccc3)N(C)C)c12.CN(C)C(c1ccccc1)c1c[nH]c2ccc(Cl)cc12.CN(C)C(c1ccccc1)c1c[nH]c2ccc(OCc3ccccc3)cc12. The summed E-state index contributed by atoms with van der Waals surface area (Å²) in [6.45, 7) is 1.99. The molecule has 3 heterocycles. The van der Waals surface area contributed by atoms with E-state index in [0.717, 1.165) is 38.3 Å². The first-order valence-corrected chi connectivity index (χ1v) is 23.8. The van der Waals surface area contributed by atoms with Gasteiger partial charge in [0.2, 0.25) is 0 Å². The number of rotatable bonds is 13. The van der Waals surface area contributed by atoms with Gasteiger partial charge in [-0.15, -0.1) is 0 Å². The van der Waals surface area contributed by atoms with Gasteiger partial charge in [0.15, 0.2) is 0 Å². The Morgan fingerprint density at radius 3 is 1.44 bits per heavy atom. The molecule has 7 aromatic carbocycles. The lowest BCUT2D eigenvalue weighted by Gasteiger charge is -2.25. The minimum atomic E-state index is -0.314. The van der Waals surface area contributed by atoms with Crippen LogP contribution >= 0.6 is 11.6 Å². The Balaban J connectivity index is 0.000000143. The highest BCUT2D eigenvalue weighted by Crippen LogP contribution is 2.38. The van der Waals surface area contributed by atoms with Gasteiger partial charge in [-0.3, -0.25) is 19.5 Å². The molecule has 3 unspecified atom stereocenters. The molecule has 3 N–H and O–H groups in total. The number of carbonyl (C=O) groups is 1. The molecule has 0 aliphatic heterocycles. The molecule has 3 aromatic heterocycles. The molecule has 10 aromatic rings. The van der Waals surface area contributed by atoms with Gasteiger partial charge in [0, 0.05) is 68.8 Å². The smallest absolute Gasteiger partial charge is 0.308 e. The lowest BCUT2D eigenvalue weighted by Crippen LogP contribution is -2.21. The van der Waals surface area contributed by atoms with Gasteiger partial charge in [-0.25, -0.2) is 0 Å². The van der Waals surface area contributed by atoms with Crippen LogP contribution in [0.15, 0.2) is 195 Å². The van der Waals surface area contributed by atoms with Gasteiger partial charge in [-0.1, -0.05) is 139 Å². The Kier molecular flexibility index (Phi) is 16.0. The number of H-pyrrole nitrogens is 3. The molecule has 10 rings (SSSR count). The largest absolute Gasteiger partial charge is 0.489 e. The molecule has 356 valence electrons. The van der Waals surface area contributed by atoms with Crippen LogP contribution in [0.25, 0.3) is 32.7 Å². The quantitative estimate of drug-likeness (QED) is 0.0788. The van der Waals surface area contributed by atoms with E-state index in [2.05, 4.69) is 161 Å². The molecule has 0 amide bonds. The van der Waals surface area contributed by atoms with Crippen LogP contribution in [0.4, 0.5) is 0 Å². The van der Waals surface area contributed by atoms with Crippen LogP contribution in [-0.2, 0) is 11.4 Å². The van der Waals surface area contributed by atoms with E-state index >= 15 is 0 Å². The number of benzene rings is 7. The van der Waals surface area contributed by atoms with E-state index in [-0.39, 0.29) is 24.1 Å². The summed E-state index contributed by atoms with van der Waals surface area (Å²) in [7, 11) is 12.5. The van der Waals surface area contributed by atoms with Gasteiger partial charge in [-0.05, 0) is 124 Å². The molecule has 0 radical (unpaired) electrons. The second-order valence-corrected chi connectivity index (χ2v) is 18.4. The molecule has 0 aliphatic carbocycles. The number of aromatic nitrogens is 3. The molecule has 0 saturated carbocycles. The van der Waals surface area contributed by atoms with E-state index in [1.807, 2.05) is 105 Å². The van der Waals surface area contributed by atoms with Crippen LogP contribution in [0.5, 0.6) is 11.5 Å². The van der Waals surface area contributed by atoms with E-state index in [1.54, 1.807) is 0 Å². The summed E-state index contributed by atoms with van der Waals surface area (Å²) in [5, 5.41) is 4.09. The van der Waals surface area contributed by atoms with Crippen molar-refractivity contribution in [3.05, 3.63) is 238 Å². The minimum absolute atomic E-state index is 0.0710. The first kappa shape index (κ1) is 49.0. The first-order chi connectivity index (χ1) is 34.0. The number of hydrogen-bond acceptors (Lipinski definition) is 6. The summed E-state index contributed by atoms with van der Waals surface area (Å²) >= 11 is 6.15. The van der Waals surface area contributed by atoms with Crippen molar-refractivity contribution in [2.75, 3.05) is 42.3 Å².